The molecule has 1 rings (SSSR count). The van der Waals surface area contributed by atoms with Crippen molar-refractivity contribution in [1.82, 2.24) is 0 Å². The zero-order chi connectivity index (χ0) is 11.6. The molecule has 0 aliphatic heterocycles. The van der Waals surface area contributed by atoms with Gasteiger partial charge in [0.25, 0.3) is 0 Å². The minimum Gasteiger partial charge on any atom is -0.204 e. The second kappa shape index (κ2) is 3.98. The van der Waals surface area contributed by atoms with Gasteiger partial charge in [-0.05, 0) is 30.5 Å². The molecule has 0 saturated carbocycles. The van der Waals surface area contributed by atoms with Crippen LogP contribution in [-0.4, -0.2) is 0 Å². The van der Waals surface area contributed by atoms with Crippen LogP contribution in [0.1, 0.15) is 26.3 Å². The largest absolute Gasteiger partial charge is 0.204 e. The highest BCUT2D eigenvalue weighted by Gasteiger charge is 2.31. The Balaban J connectivity index is 3.27. The first-order valence-electron chi connectivity index (χ1n) is 4.78. The molecule has 0 spiro atoms. The third-order valence-corrected chi connectivity index (χ3v) is 2.91. The third-order valence-electron chi connectivity index (χ3n) is 2.91. The van der Waals surface area contributed by atoms with Gasteiger partial charge in [0.05, 0.1) is 11.5 Å². The highest BCUT2D eigenvalue weighted by Crippen LogP contribution is 2.31. The average Bonchev–Trinajstić information content (AvgIpc) is 2.20. The van der Waals surface area contributed by atoms with Gasteiger partial charge in [0.1, 0.15) is 0 Å². The molecule has 1 nitrogen and oxygen atoms in total. The van der Waals surface area contributed by atoms with Crippen LogP contribution < -0.4 is 0 Å². The Hall–Kier alpha value is -1.43. The smallest absolute Gasteiger partial charge is 0.159 e. The molecular weight excluding hydrogens is 196 g/mol. The summed E-state index contributed by atoms with van der Waals surface area (Å²) in [4.78, 5) is 0. The van der Waals surface area contributed by atoms with Crippen molar-refractivity contribution in [1.29, 1.82) is 5.26 Å². The van der Waals surface area contributed by atoms with E-state index in [0.717, 1.165) is 12.1 Å². The Bertz CT molecular complexity index is 407. The number of hydrogen-bond donors (Lipinski definition) is 0. The molecular formula is C12H13F2N. The molecule has 80 valence electrons. The molecule has 0 aliphatic carbocycles. The quantitative estimate of drug-likeness (QED) is 0.732. The molecule has 1 atom stereocenters. The summed E-state index contributed by atoms with van der Waals surface area (Å²) in [5.41, 5.74) is -0.270. The van der Waals surface area contributed by atoms with E-state index in [2.05, 4.69) is 6.07 Å². The van der Waals surface area contributed by atoms with Gasteiger partial charge in [0.2, 0.25) is 0 Å². The predicted octanol–water partition coefficient (Wildman–Crippen LogP) is 3.40. The summed E-state index contributed by atoms with van der Waals surface area (Å²) < 4.78 is 25.8. The van der Waals surface area contributed by atoms with Crippen molar-refractivity contribution in [3.05, 3.63) is 35.4 Å². The maximum atomic E-state index is 13.0. The minimum atomic E-state index is -0.908. The fourth-order valence-corrected chi connectivity index (χ4v) is 1.35. The van der Waals surface area contributed by atoms with Crippen LogP contribution in [-0.2, 0) is 5.41 Å². The summed E-state index contributed by atoms with van der Waals surface area (Å²) >= 11 is 0. The van der Waals surface area contributed by atoms with E-state index in [1.54, 1.807) is 6.92 Å². The molecule has 0 aromatic heterocycles. The Kier molecular flexibility index (Phi) is 3.09. The molecule has 0 bridgehead atoms. The molecule has 0 heterocycles. The van der Waals surface area contributed by atoms with Gasteiger partial charge in [-0.3, -0.25) is 0 Å². The van der Waals surface area contributed by atoms with Crippen LogP contribution in [0.2, 0.25) is 0 Å². The first kappa shape index (κ1) is 11.6. The van der Waals surface area contributed by atoms with Crippen LogP contribution in [0, 0.1) is 28.9 Å². The average molecular weight is 209 g/mol. The summed E-state index contributed by atoms with van der Waals surface area (Å²) in [7, 11) is 0. The van der Waals surface area contributed by atoms with E-state index in [1.807, 2.05) is 13.8 Å². The minimum absolute atomic E-state index is 0.0346. The molecule has 0 amide bonds. The molecule has 0 aliphatic rings. The van der Waals surface area contributed by atoms with E-state index in [4.69, 9.17) is 5.26 Å². The number of benzene rings is 1. The zero-order valence-electron chi connectivity index (χ0n) is 9.01. The summed E-state index contributed by atoms with van der Waals surface area (Å²) in [6, 6.07) is 5.77. The summed E-state index contributed by atoms with van der Waals surface area (Å²) in [6.45, 7) is 5.49. The van der Waals surface area contributed by atoms with Gasteiger partial charge in [0, 0.05) is 0 Å². The lowest BCUT2D eigenvalue weighted by Gasteiger charge is -2.26. The standard InChI is InChI=1S/C12H13F2N/c1-8(2)12(3,7-15)9-4-5-10(13)11(14)6-9/h4-6,8H,1-3H3. The number of rotatable bonds is 2. The van der Waals surface area contributed by atoms with Crippen molar-refractivity contribution in [3.8, 4) is 6.07 Å². The zero-order valence-corrected chi connectivity index (χ0v) is 9.01. The summed E-state index contributed by atoms with van der Waals surface area (Å²) in [5, 5.41) is 9.10. The Morgan fingerprint density at radius 3 is 2.27 bits per heavy atom. The van der Waals surface area contributed by atoms with Crippen molar-refractivity contribution in [2.75, 3.05) is 0 Å². The van der Waals surface area contributed by atoms with Crippen LogP contribution in [0.4, 0.5) is 8.78 Å². The Morgan fingerprint density at radius 2 is 1.87 bits per heavy atom. The van der Waals surface area contributed by atoms with E-state index in [9.17, 15) is 8.78 Å². The lowest BCUT2D eigenvalue weighted by molar-refractivity contribution is 0.425. The van der Waals surface area contributed by atoms with Crippen molar-refractivity contribution >= 4 is 0 Å². The monoisotopic (exact) mass is 209 g/mol. The maximum absolute atomic E-state index is 13.0. The van der Waals surface area contributed by atoms with Crippen LogP contribution in [0.25, 0.3) is 0 Å². The number of halogens is 2. The van der Waals surface area contributed by atoms with Crippen LogP contribution >= 0.6 is 0 Å². The predicted molar refractivity (Wildman–Crippen MR) is 54.2 cm³/mol. The second-order valence-corrected chi connectivity index (χ2v) is 4.10. The topological polar surface area (TPSA) is 23.8 Å². The lowest BCUT2D eigenvalue weighted by atomic mass is 9.75. The summed E-state index contributed by atoms with van der Waals surface area (Å²) in [6.07, 6.45) is 0. The van der Waals surface area contributed by atoms with E-state index in [0.29, 0.717) is 5.56 Å². The molecule has 1 aromatic rings. The van der Waals surface area contributed by atoms with Crippen LogP contribution in [0.3, 0.4) is 0 Å². The highest BCUT2D eigenvalue weighted by atomic mass is 19.2. The summed E-state index contributed by atoms with van der Waals surface area (Å²) in [5.74, 6) is -1.76. The first-order valence-corrected chi connectivity index (χ1v) is 4.78. The van der Waals surface area contributed by atoms with Gasteiger partial charge in [-0.25, -0.2) is 8.78 Å². The van der Waals surface area contributed by atoms with E-state index in [1.165, 1.54) is 6.07 Å². The Morgan fingerprint density at radius 1 is 1.27 bits per heavy atom. The number of hydrogen-bond acceptors (Lipinski definition) is 1. The lowest BCUT2D eigenvalue weighted by Crippen LogP contribution is -2.26. The van der Waals surface area contributed by atoms with E-state index in [-0.39, 0.29) is 5.92 Å². The molecule has 0 fully saturated rings. The molecule has 0 saturated heterocycles. The van der Waals surface area contributed by atoms with Gasteiger partial charge in [-0.1, -0.05) is 19.9 Å². The molecule has 3 heteroatoms. The first-order chi connectivity index (χ1) is 6.91. The van der Waals surface area contributed by atoms with Gasteiger partial charge < -0.3 is 0 Å². The Labute approximate surface area is 88.3 Å². The van der Waals surface area contributed by atoms with Gasteiger partial charge >= 0.3 is 0 Å². The van der Waals surface area contributed by atoms with Crippen molar-refractivity contribution < 1.29 is 8.78 Å². The van der Waals surface area contributed by atoms with Crippen molar-refractivity contribution in [3.63, 3.8) is 0 Å². The molecule has 0 radical (unpaired) electrons. The SMILES string of the molecule is CC(C)C(C)(C#N)c1ccc(F)c(F)c1. The molecule has 15 heavy (non-hydrogen) atoms. The van der Waals surface area contributed by atoms with Gasteiger partial charge in [0.15, 0.2) is 11.6 Å². The maximum Gasteiger partial charge on any atom is 0.159 e. The normalized spacial score (nSPS) is 14.7. The molecule has 1 aromatic carbocycles. The highest BCUT2D eigenvalue weighted by molar-refractivity contribution is 5.32. The second-order valence-electron chi connectivity index (χ2n) is 4.10. The van der Waals surface area contributed by atoms with Crippen LogP contribution in [0.15, 0.2) is 18.2 Å². The van der Waals surface area contributed by atoms with E-state index >= 15 is 0 Å². The molecule has 1 unspecified atom stereocenters. The molecule has 0 N–H and O–H groups in total. The van der Waals surface area contributed by atoms with E-state index < -0.39 is 17.0 Å². The number of nitrogens with zero attached hydrogens (tertiary/aromatic N) is 1. The fourth-order valence-electron chi connectivity index (χ4n) is 1.35. The third kappa shape index (κ3) is 1.99. The van der Waals surface area contributed by atoms with Crippen LogP contribution in [0.5, 0.6) is 0 Å². The number of nitriles is 1. The van der Waals surface area contributed by atoms with Gasteiger partial charge in [-0.15, -0.1) is 0 Å². The van der Waals surface area contributed by atoms with Crippen molar-refractivity contribution in [2.45, 2.75) is 26.2 Å². The fraction of sp³-hybridized carbons (Fsp3) is 0.417. The van der Waals surface area contributed by atoms with Gasteiger partial charge in [-0.2, -0.15) is 5.26 Å². The van der Waals surface area contributed by atoms with Crippen molar-refractivity contribution in [2.24, 2.45) is 5.92 Å².